The highest BCUT2D eigenvalue weighted by molar-refractivity contribution is 5.96. The highest BCUT2D eigenvalue weighted by Gasteiger charge is 2.22. The molecule has 3 aromatic rings. The van der Waals surface area contributed by atoms with Crippen LogP contribution in [0.25, 0.3) is 0 Å². The van der Waals surface area contributed by atoms with Crippen molar-refractivity contribution in [2.75, 3.05) is 0 Å². The summed E-state index contributed by atoms with van der Waals surface area (Å²) in [5.41, 5.74) is 0.429. The van der Waals surface area contributed by atoms with Crippen molar-refractivity contribution in [3.63, 3.8) is 0 Å². The molecule has 0 radical (unpaired) electrons. The molecule has 0 heterocycles. The number of phenols is 1. The lowest BCUT2D eigenvalue weighted by Gasteiger charge is -2.21. The summed E-state index contributed by atoms with van der Waals surface area (Å²) in [6.07, 6.45) is -1.06. The fourth-order valence-corrected chi connectivity index (χ4v) is 2.68. The molecular weight excluding hydrogens is 374 g/mol. The van der Waals surface area contributed by atoms with E-state index in [1.807, 2.05) is 0 Å². The van der Waals surface area contributed by atoms with Crippen molar-refractivity contribution in [1.82, 2.24) is 10.6 Å². The zero-order valence-corrected chi connectivity index (χ0v) is 15.1. The number of aromatic hydroxyl groups is 1. The van der Waals surface area contributed by atoms with Crippen LogP contribution >= 0.6 is 0 Å². The SMILES string of the molecule is O=C(NC(NC(=O)c1ccccc1)c1ccc(O)c([N+](=O)[O-])c1)c1ccccc1. The molecule has 0 saturated heterocycles. The van der Waals surface area contributed by atoms with Crippen LogP contribution in [0.15, 0.2) is 78.9 Å². The van der Waals surface area contributed by atoms with Gasteiger partial charge in [0.05, 0.1) is 4.92 Å². The van der Waals surface area contributed by atoms with Gasteiger partial charge in [0.25, 0.3) is 11.8 Å². The molecule has 0 bridgehead atoms. The van der Waals surface area contributed by atoms with Crippen LogP contribution in [0.3, 0.4) is 0 Å². The number of carbonyl (C=O) groups excluding carboxylic acids is 2. The number of benzene rings is 3. The van der Waals surface area contributed by atoms with Crippen LogP contribution in [0, 0.1) is 10.1 Å². The summed E-state index contributed by atoms with van der Waals surface area (Å²) in [5, 5.41) is 26.2. The number of nitro benzene ring substituents is 1. The summed E-state index contributed by atoms with van der Waals surface area (Å²) < 4.78 is 0. The third-order valence-corrected chi connectivity index (χ3v) is 4.15. The molecule has 8 heteroatoms. The van der Waals surface area contributed by atoms with Gasteiger partial charge >= 0.3 is 5.69 Å². The van der Waals surface area contributed by atoms with Gasteiger partial charge in [-0.2, -0.15) is 0 Å². The first-order chi connectivity index (χ1) is 14.0. The van der Waals surface area contributed by atoms with Crippen LogP contribution in [-0.2, 0) is 0 Å². The van der Waals surface area contributed by atoms with Gasteiger partial charge in [0.2, 0.25) is 0 Å². The third kappa shape index (κ3) is 4.75. The van der Waals surface area contributed by atoms with Crippen LogP contribution in [0.5, 0.6) is 5.75 Å². The van der Waals surface area contributed by atoms with Gasteiger partial charge in [-0.3, -0.25) is 19.7 Å². The average Bonchev–Trinajstić information content (AvgIpc) is 2.74. The number of rotatable bonds is 6. The van der Waals surface area contributed by atoms with E-state index >= 15 is 0 Å². The molecule has 0 aromatic heterocycles. The molecule has 3 N–H and O–H groups in total. The topological polar surface area (TPSA) is 122 Å². The first kappa shape index (κ1) is 19.6. The molecule has 0 unspecified atom stereocenters. The minimum Gasteiger partial charge on any atom is -0.502 e. The van der Waals surface area contributed by atoms with Crippen LogP contribution in [0.2, 0.25) is 0 Å². The van der Waals surface area contributed by atoms with Crippen molar-refractivity contribution in [2.24, 2.45) is 0 Å². The lowest BCUT2D eigenvalue weighted by molar-refractivity contribution is -0.385. The molecule has 146 valence electrons. The van der Waals surface area contributed by atoms with E-state index in [9.17, 15) is 24.8 Å². The Kier molecular flexibility index (Phi) is 5.84. The molecule has 0 saturated carbocycles. The van der Waals surface area contributed by atoms with Crippen molar-refractivity contribution in [3.8, 4) is 5.75 Å². The Morgan fingerprint density at radius 2 is 1.31 bits per heavy atom. The van der Waals surface area contributed by atoms with Crippen LogP contribution in [0.4, 0.5) is 5.69 Å². The predicted octanol–water partition coefficient (Wildman–Crippen LogP) is 3.16. The van der Waals surface area contributed by atoms with Gasteiger partial charge in [-0.05, 0) is 30.3 Å². The number of phenolic OH excluding ortho intramolecular Hbond substituents is 1. The highest BCUT2D eigenvalue weighted by atomic mass is 16.6. The van der Waals surface area contributed by atoms with Crippen molar-refractivity contribution < 1.29 is 19.6 Å². The van der Waals surface area contributed by atoms with E-state index in [2.05, 4.69) is 10.6 Å². The minimum atomic E-state index is -1.06. The lowest BCUT2D eigenvalue weighted by atomic mass is 10.1. The van der Waals surface area contributed by atoms with E-state index in [1.165, 1.54) is 6.07 Å². The van der Waals surface area contributed by atoms with E-state index in [0.717, 1.165) is 12.1 Å². The van der Waals surface area contributed by atoms with Gasteiger partial charge in [0, 0.05) is 22.8 Å². The van der Waals surface area contributed by atoms with Gasteiger partial charge < -0.3 is 15.7 Å². The molecule has 0 fully saturated rings. The van der Waals surface area contributed by atoms with Crippen molar-refractivity contribution in [2.45, 2.75) is 6.17 Å². The summed E-state index contributed by atoms with van der Waals surface area (Å²) in [7, 11) is 0. The summed E-state index contributed by atoms with van der Waals surface area (Å²) in [6, 6.07) is 20.3. The van der Waals surface area contributed by atoms with E-state index in [0.29, 0.717) is 11.1 Å². The lowest BCUT2D eigenvalue weighted by Crippen LogP contribution is -2.41. The molecule has 0 atom stereocenters. The Bertz CT molecular complexity index is 985. The molecule has 3 aromatic carbocycles. The van der Waals surface area contributed by atoms with E-state index < -0.39 is 34.3 Å². The van der Waals surface area contributed by atoms with Crippen LogP contribution in [-0.4, -0.2) is 21.8 Å². The predicted molar refractivity (Wildman–Crippen MR) is 105 cm³/mol. The van der Waals surface area contributed by atoms with Crippen molar-refractivity contribution in [1.29, 1.82) is 0 Å². The zero-order chi connectivity index (χ0) is 20.8. The number of nitrogens with one attached hydrogen (secondary N) is 2. The molecular formula is C21H17N3O5. The van der Waals surface area contributed by atoms with Gasteiger partial charge in [0.1, 0.15) is 6.17 Å². The smallest absolute Gasteiger partial charge is 0.311 e. The average molecular weight is 391 g/mol. The van der Waals surface area contributed by atoms with Gasteiger partial charge in [0.15, 0.2) is 5.75 Å². The number of carbonyl (C=O) groups is 2. The maximum atomic E-state index is 12.6. The van der Waals surface area contributed by atoms with Crippen LogP contribution in [0.1, 0.15) is 32.4 Å². The number of amides is 2. The van der Waals surface area contributed by atoms with E-state index in [-0.39, 0.29) is 5.56 Å². The summed E-state index contributed by atoms with van der Waals surface area (Å²) >= 11 is 0. The molecule has 29 heavy (non-hydrogen) atoms. The normalized spacial score (nSPS) is 10.4. The fraction of sp³-hybridized carbons (Fsp3) is 0.0476. The largest absolute Gasteiger partial charge is 0.502 e. The molecule has 2 amide bonds. The van der Waals surface area contributed by atoms with Crippen LogP contribution < -0.4 is 10.6 Å². The van der Waals surface area contributed by atoms with Gasteiger partial charge in [-0.25, -0.2) is 0 Å². The molecule has 0 spiro atoms. The number of nitro groups is 1. The standard InChI is InChI=1S/C21H17N3O5/c25-18-12-11-16(13-17(18)24(28)29)19(22-20(26)14-7-3-1-4-8-14)23-21(27)15-9-5-2-6-10-15/h1-13,19,25H,(H,22,26)(H,23,27). The van der Waals surface area contributed by atoms with E-state index in [1.54, 1.807) is 60.7 Å². The second-order valence-corrected chi connectivity index (χ2v) is 6.12. The third-order valence-electron chi connectivity index (χ3n) is 4.15. The summed E-state index contributed by atoms with van der Waals surface area (Å²) in [6.45, 7) is 0. The maximum absolute atomic E-state index is 12.6. The molecule has 3 rings (SSSR count). The number of hydrogen-bond donors (Lipinski definition) is 3. The quantitative estimate of drug-likeness (QED) is 0.338. The number of hydrogen-bond acceptors (Lipinski definition) is 5. The molecule has 0 aliphatic heterocycles. The second-order valence-electron chi connectivity index (χ2n) is 6.12. The highest BCUT2D eigenvalue weighted by Crippen LogP contribution is 2.28. The van der Waals surface area contributed by atoms with Crippen molar-refractivity contribution in [3.05, 3.63) is 106 Å². The van der Waals surface area contributed by atoms with E-state index in [4.69, 9.17) is 0 Å². The van der Waals surface area contributed by atoms with Crippen molar-refractivity contribution >= 4 is 17.5 Å². The summed E-state index contributed by atoms with van der Waals surface area (Å²) in [5.74, 6) is -1.46. The fourth-order valence-electron chi connectivity index (χ4n) is 2.68. The maximum Gasteiger partial charge on any atom is 0.311 e. The minimum absolute atomic E-state index is 0.239. The Morgan fingerprint density at radius 1 is 0.828 bits per heavy atom. The Balaban J connectivity index is 1.93. The first-order valence-corrected chi connectivity index (χ1v) is 8.65. The summed E-state index contributed by atoms with van der Waals surface area (Å²) in [4.78, 5) is 35.6. The molecule has 8 nitrogen and oxygen atoms in total. The first-order valence-electron chi connectivity index (χ1n) is 8.65. The second kappa shape index (κ2) is 8.66. The Hall–Kier alpha value is -4.20. The van der Waals surface area contributed by atoms with Gasteiger partial charge in [-0.1, -0.05) is 42.5 Å². The Labute approximate surface area is 166 Å². The monoisotopic (exact) mass is 391 g/mol. The van der Waals surface area contributed by atoms with Gasteiger partial charge in [-0.15, -0.1) is 0 Å². The number of nitrogens with zero attached hydrogens (tertiary/aromatic N) is 1. The molecule has 0 aliphatic rings. The Morgan fingerprint density at radius 3 is 1.76 bits per heavy atom. The molecule has 0 aliphatic carbocycles. The zero-order valence-electron chi connectivity index (χ0n) is 15.1.